The van der Waals surface area contributed by atoms with Gasteiger partial charge in [0.15, 0.2) is 5.58 Å². The number of aromatic nitrogens is 1. The maximum Gasteiger partial charge on any atom is 0.227 e. The SMILES string of the molecule is CC1(C)c2ccccc2-c2ccc(N(c3ccc(-c4ccc(-c5ccccc5)cc4)cc3)c3cc(-c4nc5ccccc5o4)cc4sc5ccc6ccccc6c5c34)cc21. The number of hydrogen-bond acceptors (Lipinski definition) is 4. The molecule has 0 saturated carbocycles. The van der Waals surface area contributed by atoms with Crippen molar-refractivity contribution < 1.29 is 4.42 Å². The van der Waals surface area contributed by atoms with Crippen molar-refractivity contribution in [3.63, 3.8) is 0 Å². The Labute approximate surface area is 352 Å². The van der Waals surface area contributed by atoms with Crippen molar-refractivity contribution in [2.45, 2.75) is 19.3 Å². The molecule has 0 unspecified atom stereocenters. The van der Waals surface area contributed by atoms with E-state index >= 15 is 0 Å². The molecule has 0 radical (unpaired) electrons. The molecule has 0 bridgehead atoms. The molecular weight excluding hydrogens is 749 g/mol. The van der Waals surface area contributed by atoms with E-state index in [9.17, 15) is 0 Å². The molecule has 11 aromatic rings. The molecule has 60 heavy (non-hydrogen) atoms. The molecule has 0 amide bonds. The van der Waals surface area contributed by atoms with E-state index in [0.29, 0.717) is 5.89 Å². The van der Waals surface area contributed by atoms with Gasteiger partial charge in [-0.2, -0.15) is 0 Å². The van der Waals surface area contributed by atoms with Crippen LogP contribution in [0.2, 0.25) is 0 Å². The van der Waals surface area contributed by atoms with Crippen LogP contribution in [0.5, 0.6) is 0 Å². The minimum absolute atomic E-state index is 0.163. The molecule has 0 N–H and O–H groups in total. The van der Waals surface area contributed by atoms with Crippen molar-refractivity contribution in [2.75, 3.05) is 4.90 Å². The maximum atomic E-state index is 6.49. The standard InChI is InChI=1S/C56H38N2OS/c1-56(2)46-17-9-8-16-44(46)45-30-29-42(34-47(45)56)58(41-27-24-38(25-28-41)37-22-20-36(21-23-37)35-12-4-3-5-13-35)49-32-40(55-57-48-18-10-11-19-50(48)59-55)33-52-54(49)53-43-15-7-6-14-39(43)26-31-51(53)60-52/h3-34H,1-2H3. The number of thiophene rings is 1. The van der Waals surface area contributed by atoms with Gasteiger partial charge >= 0.3 is 0 Å². The number of fused-ring (bicyclic) bond motifs is 9. The Kier molecular flexibility index (Phi) is 7.75. The Morgan fingerprint density at radius 1 is 0.483 bits per heavy atom. The van der Waals surface area contributed by atoms with Gasteiger partial charge in [0, 0.05) is 42.5 Å². The highest BCUT2D eigenvalue weighted by molar-refractivity contribution is 7.26. The third-order valence-electron chi connectivity index (χ3n) is 12.5. The lowest BCUT2D eigenvalue weighted by atomic mass is 9.82. The molecule has 0 saturated heterocycles. The van der Waals surface area contributed by atoms with Crippen LogP contribution in [0.1, 0.15) is 25.0 Å². The van der Waals surface area contributed by atoms with Crippen LogP contribution in [0.15, 0.2) is 199 Å². The summed E-state index contributed by atoms with van der Waals surface area (Å²) in [6.07, 6.45) is 0. The Morgan fingerprint density at radius 3 is 1.93 bits per heavy atom. The zero-order valence-electron chi connectivity index (χ0n) is 33.2. The van der Waals surface area contributed by atoms with Gasteiger partial charge in [0.25, 0.3) is 0 Å². The van der Waals surface area contributed by atoms with E-state index in [4.69, 9.17) is 9.40 Å². The van der Waals surface area contributed by atoms with Gasteiger partial charge in [-0.05, 0) is 110 Å². The Morgan fingerprint density at radius 2 is 1.13 bits per heavy atom. The van der Waals surface area contributed by atoms with E-state index in [1.807, 2.05) is 35.6 Å². The van der Waals surface area contributed by atoms with Crippen molar-refractivity contribution in [3.05, 3.63) is 205 Å². The van der Waals surface area contributed by atoms with Crippen LogP contribution < -0.4 is 4.90 Å². The molecule has 2 heterocycles. The first-order valence-corrected chi connectivity index (χ1v) is 21.3. The summed E-state index contributed by atoms with van der Waals surface area (Å²) in [5.74, 6) is 0.612. The molecular formula is C56H38N2OS. The molecule has 12 rings (SSSR count). The fourth-order valence-corrected chi connectivity index (χ4v) is 10.7. The minimum atomic E-state index is -0.163. The molecule has 4 heteroatoms. The van der Waals surface area contributed by atoms with Crippen molar-refractivity contribution >= 4 is 70.4 Å². The summed E-state index contributed by atoms with van der Waals surface area (Å²) in [6.45, 7) is 4.71. The van der Waals surface area contributed by atoms with E-state index in [1.165, 1.54) is 75.5 Å². The van der Waals surface area contributed by atoms with Crippen LogP contribution in [-0.4, -0.2) is 4.98 Å². The van der Waals surface area contributed by atoms with E-state index < -0.39 is 0 Å². The van der Waals surface area contributed by atoms with Crippen LogP contribution >= 0.6 is 11.3 Å². The third-order valence-corrected chi connectivity index (χ3v) is 13.6. The summed E-state index contributed by atoms with van der Waals surface area (Å²) >= 11 is 1.83. The zero-order valence-corrected chi connectivity index (χ0v) is 34.0. The van der Waals surface area contributed by atoms with E-state index in [2.05, 4.69) is 189 Å². The average molecular weight is 787 g/mol. The molecule has 0 aliphatic heterocycles. The lowest BCUT2D eigenvalue weighted by molar-refractivity contribution is 0.620. The Bertz CT molecular complexity index is 3420. The summed E-state index contributed by atoms with van der Waals surface area (Å²) < 4.78 is 8.93. The van der Waals surface area contributed by atoms with Gasteiger partial charge in [-0.25, -0.2) is 4.98 Å². The molecule has 1 aliphatic rings. The number of anilines is 3. The monoisotopic (exact) mass is 786 g/mol. The van der Waals surface area contributed by atoms with Gasteiger partial charge < -0.3 is 9.32 Å². The molecule has 9 aromatic carbocycles. The molecule has 284 valence electrons. The molecule has 2 aromatic heterocycles. The maximum absolute atomic E-state index is 6.49. The highest BCUT2D eigenvalue weighted by Gasteiger charge is 2.36. The van der Waals surface area contributed by atoms with E-state index in [1.54, 1.807) is 0 Å². The highest BCUT2D eigenvalue weighted by atomic mass is 32.1. The van der Waals surface area contributed by atoms with Crippen molar-refractivity contribution in [1.29, 1.82) is 0 Å². The number of hydrogen-bond donors (Lipinski definition) is 0. The lowest BCUT2D eigenvalue weighted by Crippen LogP contribution is -2.16. The average Bonchev–Trinajstić information content (AvgIpc) is 3.98. The summed E-state index contributed by atoms with van der Waals surface area (Å²) in [4.78, 5) is 7.48. The van der Waals surface area contributed by atoms with Crippen molar-refractivity contribution in [2.24, 2.45) is 0 Å². The summed E-state index contributed by atoms with van der Waals surface area (Å²) in [6, 6.07) is 70.3. The van der Waals surface area contributed by atoms with Crippen LogP contribution in [-0.2, 0) is 5.41 Å². The number of nitrogens with zero attached hydrogens (tertiary/aromatic N) is 2. The van der Waals surface area contributed by atoms with Gasteiger partial charge in [0.2, 0.25) is 5.89 Å². The quantitative estimate of drug-likeness (QED) is 0.168. The number of oxazole rings is 1. The van der Waals surface area contributed by atoms with Gasteiger partial charge in [0.05, 0.1) is 5.69 Å². The van der Waals surface area contributed by atoms with Crippen LogP contribution in [0.3, 0.4) is 0 Å². The van der Waals surface area contributed by atoms with Gasteiger partial charge in [-0.15, -0.1) is 11.3 Å². The summed E-state index contributed by atoms with van der Waals surface area (Å²) in [5, 5.41) is 4.96. The second-order valence-electron chi connectivity index (χ2n) is 16.3. The Balaban J connectivity index is 1.10. The fourth-order valence-electron chi connectivity index (χ4n) is 9.49. The Hall–Kier alpha value is -7.27. The molecule has 3 nitrogen and oxygen atoms in total. The van der Waals surface area contributed by atoms with E-state index in [0.717, 1.165) is 33.7 Å². The minimum Gasteiger partial charge on any atom is -0.436 e. The molecule has 0 fully saturated rings. The largest absolute Gasteiger partial charge is 0.436 e. The molecule has 0 spiro atoms. The van der Waals surface area contributed by atoms with Crippen molar-refractivity contribution in [3.8, 4) is 44.8 Å². The second kappa shape index (κ2) is 13.4. The predicted octanol–water partition coefficient (Wildman–Crippen LogP) is 16.1. The first-order chi connectivity index (χ1) is 29.5. The normalized spacial score (nSPS) is 13.0. The first kappa shape index (κ1) is 34.7. The van der Waals surface area contributed by atoms with E-state index in [-0.39, 0.29) is 5.41 Å². The number of para-hydroxylation sites is 2. The highest BCUT2D eigenvalue weighted by Crippen LogP contribution is 2.53. The third kappa shape index (κ3) is 5.45. The summed E-state index contributed by atoms with van der Waals surface area (Å²) in [7, 11) is 0. The second-order valence-corrected chi connectivity index (χ2v) is 17.4. The first-order valence-electron chi connectivity index (χ1n) is 20.5. The van der Waals surface area contributed by atoms with Crippen LogP contribution in [0.25, 0.3) is 86.9 Å². The predicted molar refractivity (Wildman–Crippen MR) is 253 cm³/mol. The summed E-state index contributed by atoms with van der Waals surface area (Å²) in [5.41, 5.74) is 15.7. The topological polar surface area (TPSA) is 29.3 Å². The molecule has 0 atom stereocenters. The van der Waals surface area contributed by atoms with Gasteiger partial charge in [-0.3, -0.25) is 0 Å². The number of benzene rings is 9. The molecule has 1 aliphatic carbocycles. The van der Waals surface area contributed by atoms with Crippen molar-refractivity contribution in [1.82, 2.24) is 4.98 Å². The van der Waals surface area contributed by atoms with Gasteiger partial charge in [0.1, 0.15) is 5.52 Å². The zero-order chi connectivity index (χ0) is 40.0. The van der Waals surface area contributed by atoms with Gasteiger partial charge in [-0.1, -0.05) is 153 Å². The number of rotatable bonds is 6. The smallest absolute Gasteiger partial charge is 0.227 e. The lowest BCUT2D eigenvalue weighted by Gasteiger charge is -2.29. The fraction of sp³-hybridized carbons (Fsp3) is 0.0536. The van der Waals surface area contributed by atoms with Crippen LogP contribution in [0, 0.1) is 0 Å². The van der Waals surface area contributed by atoms with Crippen LogP contribution in [0.4, 0.5) is 17.1 Å².